The van der Waals surface area contributed by atoms with E-state index in [9.17, 15) is 71.2 Å². The summed E-state index contributed by atoms with van der Waals surface area (Å²) in [5.74, 6) is 0.699. The van der Waals surface area contributed by atoms with E-state index in [1.165, 1.54) is 6.92 Å². The number of carbonyl (C=O) groups is 1. The zero-order valence-corrected chi connectivity index (χ0v) is 42.1. The Kier molecular flexibility index (Phi) is 18.2. The Morgan fingerprint density at radius 1 is 0.611 bits per heavy atom. The van der Waals surface area contributed by atoms with E-state index in [1.54, 1.807) is 0 Å². The molecule has 0 aromatic heterocycles. The fourth-order valence-electron chi connectivity index (χ4n) is 14.7. The van der Waals surface area contributed by atoms with Crippen molar-refractivity contribution in [2.75, 3.05) is 26.4 Å². The molecule has 0 radical (unpaired) electrons. The van der Waals surface area contributed by atoms with E-state index < -0.39 is 143 Å². The van der Waals surface area contributed by atoms with Crippen molar-refractivity contribution in [3.8, 4) is 0 Å². The highest BCUT2D eigenvalue weighted by molar-refractivity contribution is 5.81. The third-order valence-corrected chi connectivity index (χ3v) is 19.0. The maximum Gasteiger partial charge on any atom is 0.187 e. The molecule has 8 fully saturated rings. The van der Waals surface area contributed by atoms with E-state index in [0.717, 1.165) is 32.1 Å². The van der Waals surface area contributed by atoms with Crippen LogP contribution in [0.15, 0.2) is 0 Å². The lowest BCUT2D eigenvalue weighted by atomic mass is 9.44. The maximum atomic E-state index is 13.9. The number of aliphatic hydroxyl groups excluding tert-OH is 13. The van der Waals surface area contributed by atoms with Crippen molar-refractivity contribution in [1.82, 2.24) is 0 Å². The summed E-state index contributed by atoms with van der Waals surface area (Å²) in [6.45, 7) is 8.44. The van der Waals surface area contributed by atoms with Crippen molar-refractivity contribution in [3.63, 3.8) is 0 Å². The highest BCUT2D eigenvalue weighted by Gasteiger charge is 2.64. The molecule has 0 amide bonds. The molecule has 416 valence electrons. The van der Waals surface area contributed by atoms with Crippen molar-refractivity contribution < 1.29 is 109 Å². The number of ether oxygens (including phenoxy) is 8. The molecule has 4 heterocycles. The molecule has 4 saturated carbocycles. The van der Waals surface area contributed by atoms with Crippen LogP contribution < -0.4 is 0 Å². The number of rotatable bonds is 16. The SMILES string of the molecule is C[C@H](CCC(=O)[C@@H](C)[C@H]1[C@H](O)C[C@H]2[C@@H]3CC[C@H]4C[C@@H](O[C@@H]5O[C@H](CO)[C@H](O[C@@H]6O[C@@H](C)[C@H](O)[C@@H](O)[C@H]6O[C@@H]6OC[C@@H](O)[C@H](O)[C@H]6O)[C@H](O)[C@H]5O)CC[C@]4(C)[C@H]3CC[C@]12C)CO[C@@H]1O[C@H](CO)[C@H](O)[C@H](O)[C@H]1O. The van der Waals surface area contributed by atoms with Crippen LogP contribution in [0.3, 0.4) is 0 Å². The van der Waals surface area contributed by atoms with E-state index >= 15 is 0 Å². The molecule has 22 heteroatoms. The van der Waals surface area contributed by atoms with Gasteiger partial charge in [-0.2, -0.15) is 0 Å². The van der Waals surface area contributed by atoms with E-state index in [2.05, 4.69) is 13.8 Å². The topological polar surface area (TPSA) is 354 Å². The minimum Gasteiger partial charge on any atom is -0.394 e. The molecular formula is C50H84O22. The Hall–Kier alpha value is -1.17. The van der Waals surface area contributed by atoms with Gasteiger partial charge in [-0.15, -0.1) is 0 Å². The summed E-state index contributed by atoms with van der Waals surface area (Å²) in [6.07, 6.45) is -21.6. The van der Waals surface area contributed by atoms with E-state index in [4.69, 9.17) is 37.9 Å². The number of ketones is 1. The molecule has 13 N–H and O–H groups in total. The van der Waals surface area contributed by atoms with Crippen LogP contribution in [0.2, 0.25) is 0 Å². The van der Waals surface area contributed by atoms with Crippen LogP contribution >= 0.6 is 0 Å². The highest BCUT2D eigenvalue weighted by Crippen LogP contribution is 2.68. The first-order valence-electron chi connectivity index (χ1n) is 26.4. The fourth-order valence-corrected chi connectivity index (χ4v) is 14.7. The summed E-state index contributed by atoms with van der Waals surface area (Å²) in [4.78, 5) is 13.9. The average Bonchev–Trinajstić information content (AvgIpc) is 3.63. The molecule has 4 aliphatic carbocycles. The quantitative estimate of drug-likeness (QED) is 0.0714. The van der Waals surface area contributed by atoms with Gasteiger partial charge in [-0.1, -0.05) is 27.7 Å². The number of fused-ring (bicyclic) bond motifs is 5. The summed E-state index contributed by atoms with van der Waals surface area (Å²) in [5, 5.41) is 138. The molecule has 0 spiro atoms. The van der Waals surface area contributed by atoms with E-state index in [1.807, 2.05) is 13.8 Å². The zero-order valence-electron chi connectivity index (χ0n) is 42.1. The number of Topliss-reactive ketones (excluding diaryl/α,β-unsaturated/α-hetero) is 1. The Morgan fingerprint density at radius 3 is 1.96 bits per heavy atom. The van der Waals surface area contributed by atoms with Crippen LogP contribution in [0, 0.1) is 52.3 Å². The van der Waals surface area contributed by atoms with Crippen LogP contribution in [0.25, 0.3) is 0 Å². The smallest absolute Gasteiger partial charge is 0.187 e. The molecule has 4 aliphatic heterocycles. The fraction of sp³-hybridized carbons (Fsp3) is 0.980. The molecule has 0 aromatic rings. The van der Waals surface area contributed by atoms with Crippen LogP contribution in [0.1, 0.15) is 98.8 Å². The van der Waals surface area contributed by atoms with E-state index in [0.29, 0.717) is 37.5 Å². The van der Waals surface area contributed by atoms with Gasteiger partial charge in [-0.25, -0.2) is 0 Å². The lowest BCUT2D eigenvalue weighted by Crippen LogP contribution is -2.66. The van der Waals surface area contributed by atoms with Crippen molar-refractivity contribution in [2.45, 2.75) is 228 Å². The molecule has 0 bridgehead atoms. The number of hydrogen-bond donors (Lipinski definition) is 13. The van der Waals surface area contributed by atoms with Crippen LogP contribution in [-0.2, 0) is 42.7 Å². The minimum atomic E-state index is -1.75. The van der Waals surface area contributed by atoms with Gasteiger partial charge in [-0.05, 0) is 111 Å². The van der Waals surface area contributed by atoms with Gasteiger partial charge >= 0.3 is 0 Å². The predicted molar refractivity (Wildman–Crippen MR) is 245 cm³/mol. The second-order valence-corrected chi connectivity index (χ2v) is 23.3. The molecule has 8 rings (SSSR count). The largest absolute Gasteiger partial charge is 0.394 e. The first kappa shape index (κ1) is 57.0. The first-order valence-corrected chi connectivity index (χ1v) is 26.4. The van der Waals surface area contributed by atoms with E-state index in [-0.39, 0.29) is 65.3 Å². The third kappa shape index (κ3) is 10.9. The van der Waals surface area contributed by atoms with Gasteiger partial charge in [0.1, 0.15) is 91.2 Å². The second kappa shape index (κ2) is 23.0. The lowest BCUT2D eigenvalue weighted by molar-refractivity contribution is -0.383. The van der Waals surface area contributed by atoms with Gasteiger partial charge in [0.25, 0.3) is 0 Å². The van der Waals surface area contributed by atoms with Crippen LogP contribution in [0.4, 0.5) is 0 Å². The summed E-state index contributed by atoms with van der Waals surface area (Å²) < 4.78 is 46.7. The van der Waals surface area contributed by atoms with Gasteiger partial charge in [0.05, 0.1) is 44.7 Å². The van der Waals surface area contributed by atoms with Crippen LogP contribution in [0.5, 0.6) is 0 Å². The Balaban J connectivity index is 0.839. The van der Waals surface area contributed by atoms with Crippen molar-refractivity contribution in [2.24, 2.45) is 52.3 Å². The standard InChI is InChI=1S/C50H84O22/c1-20(18-65-45-41(63)37(59)36(58)31(16-51)69-45)6-9-28(53)21(2)33-29(54)15-27-25-8-7-23-14-24(10-12-49(23,4)26(25)11-13-50(27,33)5)68-47-42(64)39(61)43(32(17-52)70-47)71-48-44(38(60)34(56)22(3)67-48)72-46-40(62)35(57)30(55)19-66-46/h20-27,29-48,51-52,54-64H,6-19H2,1-5H3/t20-,21-,22+,23+,24+,25-,26+,27+,29-,30-,31-,32-,33+,34+,35+,36+,37+,38-,39-,40-,41-,42-,43+,44-,45-,46+,47-,48+,49+,50+/m1/s1. The zero-order chi connectivity index (χ0) is 52.3. The van der Waals surface area contributed by atoms with Crippen molar-refractivity contribution >= 4 is 5.78 Å². The molecule has 72 heavy (non-hydrogen) atoms. The monoisotopic (exact) mass is 1040 g/mol. The second-order valence-electron chi connectivity index (χ2n) is 23.3. The lowest BCUT2D eigenvalue weighted by Gasteiger charge is -2.61. The minimum absolute atomic E-state index is 0.0228. The van der Waals surface area contributed by atoms with Gasteiger partial charge in [-0.3, -0.25) is 4.79 Å². The molecule has 8 aliphatic rings. The normalized spacial score (nSPS) is 52.7. The molecule has 30 atom stereocenters. The number of carbonyl (C=O) groups excluding carboxylic acids is 1. The summed E-state index contributed by atoms with van der Waals surface area (Å²) >= 11 is 0. The van der Waals surface area contributed by atoms with Crippen molar-refractivity contribution in [1.29, 1.82) is 0 Å². The summed E-state index contributed by atoms with van der Waals surface area (Å²) in [7, 11) is 0. The molecule has 0 aromatic carbocycles. The van der Waals surface area contributed by atoms with Gasteiger partial charge in [0.15, 0.2) is 25.2 Å². The Morgan fingerprint density at radius 2 is 1.25 bits per heavy atom. The molecule has 0 unspecified atom stereocenters. The van der Waals surface area contributed by atoms with Gasteiger partial charge in [0, 0.05) is 12.3 Å². The highest BCUT2D eigenvalue weighted by atomic mass is 16.8. The molecule has 4 saturated heterocycles. The van der Waals surface area contributed by atoms with Crippen LogP contribution in [-0.4, -0.2) is 228 Å². The third-order valence-electron chi connectivity index (χ3n) is 19.0. The summed E-state index contributed by atoms with van der Waals surface area (Å²) in [6, 6.07) is 0. The number of hydrogen-bond acceptors (Lipinski definition) is 22. The number of aliphatic hydroxyl groups is 13. The Bertz CT molecular complexity index is 1780. The van der Waals surface area contributed by atoms with Crippen molar-refractivity contribution in [3.05, 3.63) is 0 Å². The predicted octanol–water partition coefficient (Wildman–Crippen LogP) is -2.45. The van der Waals surface area contributed by atoms with Gasteiger partial charge in [0.2, 0.25) is 0 Å². The first-order chi connectivity index (χ1) is 34.0. The molecule has 22 nitrogen and oxygen atoms in total. The maximum absolute atomic E-state index is 13.9. The average molecular weight is 1040 g/mol. The Labute approximate surface area is 420 Å². The summed E-state index contributed by atoms with van der Waals surface area (Å²) in [5.41, 5.74) is -0.251. The van der Waals surface area contributed by atoms with Gasteiger partial charge < -0.3 is 104 Å². The molecular weight excluding hydrogens is 953 g/mol.